The maximum Gasteiger partial charge on any atom is 0.416 e. The number of nitrogens with one attached hydrogen (secondary N) is 1. The van der Waals surface area contributed by atoms with Crippen molar-refractivity contribution in [2.24, 2.45) is 7.05 Å². The number of aryl methyl sites for hydroxylation is 1. The van der Waals surface area contributed by atoms with E-state index in [1.165, 1.54) is 37.4 Å². The number of hydrogen-bond donors (Lipinski definition) is 1. The molecule has 3 aromatic rings. The number of halogens is 4. The Morgan fingerprint density at radius 3 is 2.58 bits per heavy atom. The Hall–Kier alpha value is -2.87. The van der Waals surface area contributed by atoms with Crippen LogP contribution in [0.15, 0.2) is 47.3 Å². The van der Waals surface area contributed by atoms with Crippen LogP contribution in [0.4, 0.5) is 18.9 Å². The van der Waals surface area contributed by atoms with Gasteiger partial charge in [-0.15, -0.1) is 0 Å². The number of rotatable bonds is 2. The van der Waals surface area contributed by atoms with Crippen molar-refractivity contribution in [1.29, 1.82) is 0 Å². The second-order valence-corrected chi connectivity index (χ2v) is 5.87. The summed E-state index contributed by atoms with van der Waals surface area (Å²) < 4.78 is 39.3. The van der Waals surface area contributed by atoms with Gasteiger partial charge in [0.25, 0.3) is 11.5 Å². The van der Waals surface area contributed by atoms with Crippen molar-refractivity contribution in [2.75, 3.05) is 5.32 Å². The van der Waals surface area contributed by atoms with Gasteiger partial charge < -0.3 is 5.32 Å². The van der Waals surface area contributed by atoms with E-state index in [9.17, 15) is 22.8 Å². The maximum absolute atomic E-state index is 12.8. The van der Waals surface area contributed by atoms with E-state index < -0.39 is 23.2 Å². The predicted octanol–water partition coefficient (Wildman–Crippen LogP) is 3.86. The van der Waals surface area contributed by atoms with Gasteiger partial charge in [-0.05, 0) is 30.3 Å². The van der Waals surface area contributed by atoms with Crippen molar-refractivity contribution in [1.82, 2.24) is 9.78 Å². The van der Waals surface area contributed by atoms with Crippen LogP contribution in [0.1, 0.15) is 15.9 Å². The van der Waals surface area contributed by atoms with E-state index in [4.69, 9.17) is 11.6 Å². The second kappa shape index (κ2) is 6.45. The molecule has 0 aliphatic heterocycles. The molecule has 0 aliphatic rings. The first kappa shape index (κ1) is 17.9. The van der Waals surface area contributed by atoms with Crippen molar-refractivity contribution in [3.8, 4) is 0 Å². The average Bonchev–Trinajstić information content (AvgIpc) is 2.59. The summed E-state index contributed by atoms with van der Waals surface area (Å²) in [6.07, 6.45) is -4.51. The number of benzene rings is 2. The fraction of sp³-hybridized carbons (Fsp3) is 0.118. The van der Waals surface area contributed by atoms with Crippen LogP contribution in [-0.4, -0.2) is 15.7 Å². The first-order valence-electron chi connectivity index (χ1n) is 7.32. The number of carbonyl (C=O) groups excluding carboxylic acids is 1. The quantitative estimate of drug-likeness (QED) is 0.733. The van der Waals surface area contributed by atoms with Gasteiger partial charge in [0.15, 0.2) is 5.15 Å². The number of anilines is 1. The summed E-state index contributed by atoms with van der Waals surface area (Å²) in [5.41, 5.74) is -1.22. The molecule has 5 nitrogen and oxygen atoms in total. The minimum absolute atomic E-state index is 0.00872. The van der Waals surface area contributed by atoms with E-state index >= 15 is 0 Å². The molecule has 0 saturated carbocycles. The highest BCUT2D eigenvalue weighted by Crippen LogP contribution is 2.30. The van der Waals surface area contributed by atoms with Gasteiger partial charge in [-0.3, -0.25) is 9.59 Å². The van der Waals surface area contributed by atoms with Gasteiger partial charge in [-0.25, -0.2) is 4.68 Å². The standard InChI is InChI=1S/C17H11ClF3N3O2/c1-24-16(26)13-7-9(5-6-12(13)14(18)23-24)15(25)22-11-4-2-3-10(8-11)17(19,20)21/h2-8H,1H3,(H,22,25). The Kier molecular flexibility index (Phi) is 4.45. The zero-order valence-electron chi connectivity index (χ0n) is 13.3. The van der Waals surface area contributed by atoms with Crippen LogP contribution in [0.2, 0.25) is 5.15 Å². The summed E-state index contributed by atoms with van der Waals surface area (Å²) in [4.78, 5) is 24.5. The minimum atomic E-state index is -4.51. The molecule has 0 radical (unpaired) electrons. The van der Waals surface area contributed by atoms with Gasteiger partial charge in [0, 0.05) is 23.7 Å². The van der Waals surface area contributed by atoms with Crippen molar-refractivity contribution in [3.63, 3.8) is 0 Å². The van der Waals surface area contributed by atoms with E-state index in [0.29, 0.717) is 5.39 Å². The molecule has 2 aromatic carbocycles. The predicted molar refractivity (Wildman–Crippen MR) is 91.4 cm³/mol. The van der Waals surface area contributed by atoms with Gasteiger partial charge in [0.2, 0.25) is 0 Å². The number of amides is 1. The highest BCUT2D eigenvalue weighted by molar-refractivity contribution is 6.34. The lowest BCUT2D eigenvalue weighted by molar-refractivity contribution is -0.137. The topological polar surface area (TPSA) is 64.0 Å². The molecule has 0 aliphatic carbocycles. The van der Waals surface area contributed by atoms with Crippen molar-refractivity contribution < 1.29 is 18.0 Å². The normalized spacial score (nSPS) is 11.6. The van der Waals surface area contributed by atoms with Gasteiger partial charge >= 0.3 is 6.18 Å². The van der Waals surface area contributed by atoms with Crippen molar-refractivity contribution in [3.05, 3.63) is 69.1 Å². The van der Waals surface area contributed by atoms with Gasteiger partial charge in [0.05, 0.1) is 10.9 Å². The first-order chi connectivity index (χ1) is 12.2. The Labute approximate surface area is 150 Å². The molecular formula is C17H11ClF3N3O2. The van der Waals surface area contributed by atoms with E-state index in [1.54, 1.807) is 0 Å². The zero-order chi connectivity index (χ0) is 19.1. The van der Waals surface area contributed by atoms with Gasteiger partial charge in [-0.1, -0.05) is 23.7 Å². The molecule has 26 heavy (non-hydrogen) atoms. The van der Waals surface area contributed by atoms with E-state index in [-0.39, 0.29) is 21.8 Å². The highest BCUT2D eigenvalue weighted by atomic mass is 35.5. The van der Waals surface area contributed by atoms with Crippen LogP contribution in [0, 0.1) is 0 Å². The van der Waals surface area contributed by atoms with Crippen LogP contribution in [0.5, 0.6) is 0 Å². The van der Waals surface area contributed by atoms with Crippen molar-refractivity contribution in [2.45, 2.75) is 6.18 Å². The van der Waals surface area contributed by atoms with Crippen molar-refractivity contribution >= 4 is 34.0 Å². The minimum Gasteiger partial charge on any atom is -0.322 e. The number of aromatic nitrogens is 2. The lowest BCUT2D eigenvalue weighted by atomic mass is 10.1. The molecule has 0 saturated heterocycles. The molecule has 0 fully saturated rings. The fourth-order valence-electron chi connectivity index (χ4n) is 2.42. The Morgan fingerprint density at radius 1 is 1.15 bits per heavy atom. The maximum atomic E-state index is 12.8. The number of carbonyl (C=O) groups is 1. The molecule has 0 atom stereocenters. The molecule has 0 spiro atoms. The van der Waals surface area contributed by atoms with E-state index in [0.717, 1.165) is 16.8 Å². The molecule has 0 unspecified atom stereocenters. The lowest BCUT2D eigenvalue weighted by Gasteiger charge is -2.10. The second-order valence-electron chi connectivity index (χ2n) is 5.51. The summed E-state index contributed by atoms with van der Waals surface area (Å²) >= 11 is 5.98. The summed E-state index contributed by atoms with van der Waals surface area (Å²) in [5.74, 6) is -0.652. The van der Waals surface area contributed by atoms with Crippen LogP contribution in [0.3, 0.4) is 0 Å². The smallest absolute Gasteiger partial charge is 0.322 e. The summed E-state index contributed by atoms with van der Waals surface area (Å²) in [6.45, 7) is 0. The largest absolute Gasteiger partial charge is 0.416 e. The summed E-state index contributed by atoms with van der Waals surface area (Å²) in [6, 6.07) is 8.48. The van der Waals surface area contributed by atoms with Gasteiger partial charge in [-0.2, -0.15) is 18.3 Å². The van der Waals surface area contributed by atoms with Gasteiger partial charge in [0.1, 0.15) is 0 Å². The third kappa shape index (κ3) is 3.41. The third-order valence-electron chi connectivity index (χ3n) is 3.71. The highest BCUT2D eigenvalue weighted by Gasteiger charge is 2.30. The molecule has 0 bridgehead atoms. The number of nitrogens with zero attached hydrogens (tertiary/aromatic N) is 2. The Bertz CT molecular complexity index is 1080. The zero-order valence-corrected chi connectivity index (χ0v) is 14.0. The molecule has 1 aromatic heterocycles. The van der Waals surface area contributed by atoms with E-state index in [2.05, 4.69) is 10.4 Å². The number of fused-ring (bicyclic) bond motifs is 1. The van der Waals surface area contributed by atoms with E-state index in [1.807, 2.05) is 0 Å². The third-order valence-corrected chi connectivity index (χ3v) is 3.99. The van der Waals surface area contributed by atoms with Crippen LogP contribution >= 0.6 is 11.6 Å². The monoisotopic (exact) mass is 381 g/mol. The SMILES string of the molecule is Cn1nc(Cl)c2ccc(C(=O)Nc3cccc(C(F)(F)F)c3)cc2c1=O. The first-order valence-corrected chi connectivity index (χ1v) is 7.70. The number of hydrogen-bond acceptors (Lipinski definition) is 3. The molecular weight excluding hydrogens is 371 g/mol. The fourth-order valence-corrected chi connectivity index (χ4v) is 2.70. The number of alkyl halides is 3. The lowest BCUT2D eigenvalue weighted by Crippen LogP contribution is -2.20. The molecule has 9 heteroatoms. The average molecular weight is 382 g/mol. The van der Waals surface area contributed by atoms with Crippen LogP contribution < -0.4 is 10.9 Å². The summed E-state index contributed by atoms with van der Waals surface area (Å²) in [7, 11) is 1.42. The Balaban J connectivity index is 1.96. The summed E-state index contributed by atoms with van der Waals surface area (Å²) in [5, 5.41) is 6.89. The van der Waals surface area contributed by atoms with Crippen LogP contribution in [-0.2, 0) is 13.2 Å². The molecule has 1 N–H and O–H groups in total. The molecule has 3 rings (SSSR count). The molecule has 134 valence electrons. The molecule has 1 heterocycles. The van der Waals surface area contributed by atoms with Crippen LogP contribution in [0.25, 0.3) is 10.8 Å². The Morgan fingerprint density at radius 2 is 1.88 bits per heavy atom. The molecule has 1 amide bonds.